The molecule has 0 spiro atoms. The molecule has 2 aromatic rings. The van der Waals surface area contributed by atoms with Crippen molar-refractivity contribution in [1.29, 1.82) is 0 Å². The predicted molar refractivity (Wildman–Crippen MR) is 100 cm³/mol. The van der Waals surface area contributed by atoms with Crippen molar-refractivity contribution in [3.05, 3.63) is 41.4 Å². The van der Waals surface area contributed by atoms with Crippen molar-refractivity contribution in [3.8, 4) is 0 Å². The highest BCUT2D eigenvalue weighted by Crippen LogP contribution is 2.16. The highest BCUT2D eigenvalue weighted by Gasteiger charge is 2.22. The summed E-state index contributed by atoms with van der Waals surface area (Å²) in [6, 6.07) is 10.9. The number of halogens is 1. The van der Waals surface area contributed by atoms with Gasteiger partial charge in [0.2, 0.25) is 0 Å². The molecule has 1 fully saturated rings. The lowest BCUT2D eigenvalue weighted by atomic mass is 10.3. The van der Waals surface area contributed by atoms with Crippen LogP contribution < -0.4 is 15.5 Å². The first-order valence-electron chi connectivity index (χ1n) is 8.30. The second-order valence-electron chi connectivity index (χ2n) is 5.72. The molecule has 2 amide bonds. The normalized spacial score (nSPS) is 14.3. The number of piperazine rings is 1. The van der Waals surface area contributed by atoms with Crippen LogP contribution in [0.15, 0.2) is 36.4 Å². The Kier molecular flexibility index (Phi) is 5.55. The number of carbonyl (C=O) groups is 1. The molecular formula is C17H21ClN6O. The molecule has 7 nitrogen and oxygen atoms in total. The third-order valence-electron chi connectivity index (χ3n) is 3.99. The Hall–Kier alpha value is -2.54. The second-order valence-corrected chi connectivity index (χ2v) is 6.15. The van der Waals surface area contributed by atoms with Crippen molar-refractivity contribution in [2.45, 2.75) is 6.92 Å². The summed E-state index contributed by atoms with van der Waals surface area (Å²) in [4.78, 5) is 16.3. The number of carbonyl (C=O) groups excluding carboxylic acids is 1. The molecule has 1 aromatic heterocycles. The number of benzene rings is 1. The van der Waals surface area contributed by atoms with Crippen LogP contribution >= 0.6 is 11.6 Å². The lowest BCUT2D eigenvalue weighted by molar-refractivity contribution is 0.208. The molecule has 1 aromatic carbocycles. The fourth-order valence-electron chi connectivity index (χ4n) is 2.64. The number of hydrogen-bond acceptors (Lipinski definition) is 5. The molecule has 132 valence electrons. The maximum atomic E-state index is 12.3. The van der Waals surface area contributed by atoms with Crippen LogP contribution in [0.25, 0.3) is 0 Å². The van der Waals surface area contributed by atoms with Crippen LogP contribution in [-0.2, 0) is 0 Å². The van der Waals surface area contributed by atoms with Crippen molar-refractivity contribution >= 4 is 35.0 Å². The van der Waals surface area contributed by atoms with Crippen LogP contribution in [0, 0.1) is 0 Å². The summed E-state index contributed by atoms with van der Waals surface area (Å²) in [6.45, 7) is 5.55. The molecule has 0 aliphatic carbocycles. The minimum Gasteiger partial charge on any atom is -0.369 e. The molecular weight excluding hydrogens is 340 g/mol. The van der Waals surface area contributed by atoms with E-state index in [1.807, 2.05) is 19.1 Å². The molecule has 3 rings (SSSR count). The van der Waals surface area contributed by atoms with Crippen molar-refractivity contribution in [2.75, 3.05) is 48.3 Å². The molecule has 1 saturated heterocycles. The highest BCUT2D eigenvalue weighted by molar-refractivity contribution is 6.30. The molecule has 0 atom stereocenters. The van der Waals surface area contributed by atoms with E-state index in [9.17, 15) is 4.79 Å². The van der Waals surface area contributed by atoms with Gasteiger partial charge in [-0.15, -0.1) is 10.2 Å². The van der Waals surface area contributed by atoms with E-state index in [1.165, 1.54) is 0 Å². The first kappa shape index (κ1) is 17.3. The minimum absolute atomic E-state index is 0.101. The van der Waals surface area contributed by atoms with Crippen molar-refractivity contribution in [1.82, 2.24) is 15.1 Å². The van der Waals surface area contributed by atoms with Gasteiger partial charge in [-0.2, -0.15) is 0 Å². The average molecular weight is 361 g/mol. The molecule has 25 heavy (non-hydrogen) atoms. The van der Waals surface area contributed by atoms with E-state index in [0.717, 1.165) is 37.0 Å². The minimum atomic E-state index is -0.101. The Balaban J connectivity index is 1.52. The van der Waals surface area contributed by atoms with E-state index in [4.69, 9.17) is 11.6 Å². The van der Waals surface area contributed by atoms with Crippen LogP contribution in [0.1, 0.15) is 6.92 Å². The Bertz CT molecular complexity index is 698. The fourth-order valence-corrected chi connectivity index (χ4v) is 2.77. The van der Waals surface area contributed by atoms with Crippen LogP contribution in [-0.4, -0.2) is 53.9 Å². The summed E-state index contributed by atoms with van der Waals surface area (Å²) < 4.78 is 0. The molecule has 2 N–H and O–H groups in total. The Morgan fingerprint density at radius 2 is 1.80 bits per heavy atom. The van der Waals surface area contributed by atoms with Gasteiger partial charge in [0.15, 0.2) is 5.82 Å². The lowest BCUT2D eigenvalue weighted by Gasteiger charge is -2.35. The summed E-state index contributed by atoms with van der Waals surface area (Å²) in [5.74, 6) is 1.60. The number of rotatable bonds is 4. The quantitative estimate of drug-likeness (QED) is 0.877. The topological polar surface area (TPSA) is 73.4 Å². The molecule has 0 bridgehead atoms. The summed E-state index contributed by atoms with van der Waals surface area (Å²) >= 11 is 5.85. The van der Waals surface area contributed by atoms with Gasteiger partial charge in [0, 0.05) is 43.4 Å². The first-order valence-corrected chi connectivity index (χ1v) is 8.67. The number of nitrogens with zero attached hydrogens (tertiary/aromatic N) is 4. The van der Waals surface area contributed by atoms with Gasteiger partial charge in [-0.3, -0.25) is 0 Å². The van der Waals surface area contributed by atoms with Crippen LogP contribution in [0.3, 0.4) is 0 Å². The van der Waals surface area contributed by atoms with Gasteiger partial charge in [0.1, 0.15) is 5.82 Å². The third-order valence-corrected chi connectivity index (χ3v) is 4.25. The molecule has 0 radical (unpaired) electrons. The highest BCUT2D eigenvalue weighted by atomic mass is 35.5. The van der Waals surface area contributed by atoms with Gasteiger partial charge < -0.3 is 20.4 Å². The van der Waals surface area contributed by atoms with E-state index in [1.54, 1.807) is 29.2 Å². The number of anilines is 3. The van der Waals surface area contributed by atoms with E-state index >= 15 is 0 Å². The Morgan fingerprint density at radius 1 is 1.08 bits per heavy atom. The smallest absolute Gasteiger partial charge is 0.321 e. The molecule has 0 saturated carbocycles. The standard InChI is InChI=1S/C17H21ClN6O/c1-2-19-15-7-8-16(22-21-15)23-9-11-24(12-10-23)17(25)20-14-5-3-13(18)4-6-14/h3-8H,2,9-12H2,1H3,(H,19,21)(H,20,25). The van der Waals surface area contributed by atoms with Gasteiger partial charge in [-0.25, -0.2) is 4.79 Å². The zero-order valence-electron chi connectivity index (χ0n) is 14.1. The first-order chi connectivity index (χ1) is 12.2. The maximum absolute atomic E-state index is 12.3. The van der Waals surface area contributed by atoms with Gasteiger partial charge in [-0.05, 0) is 43.3 Å². The van der Waals surface area contributed by atoms with Crippen molar-refractivity contribution in [2.24, 2.45) is 0 Å². The van der Waals surface area contributed by atoms with Gasteiger partial charge in [0.05, 0.1) is 0 Å². The van der Waals surface area contributed by atoms with Crippen LogP contribution in [0.4, 0.5) is 22.1 Å². The third kappa shape index (κ3) is 4.51. The van der Waals surface area contributed by atoms with E-state index in [0.29, 0.717) is 18.1 Å². The van der Waals surface area contributed by atoms with Crippen molar-refractivity contribution < 1.29 is 4.79 Å². The van der Waals surface area contributed by atoms with E-state index < -0.39 is 0 Å². The summed E-state index contributed by atoms with van der Waals surface area (Å²) in [6.07, 6.45) is 0. The number of hydrogen-bond donors (Lipinski definition) is 2. The van der Waals surface area contributed by atoms with Gasteiger partial charge >= 0.3 is 6.03 Å². The van der Waals surface area contributed by atoms with E-state index in [-0.39, 0.29) is 6.03 Å². The average Bonchev–Trinajstić information content (AvgIpc) is 2.65. The lowest BCUT2D eigenvalue weighted by Crippen LogP contribution is -2.50. The zero-order valence-corrected chi connectivity index (χ0v) is 14.8. The number of urea groups is 1. The Labute approximate surface area is 152 Å². The monoisotopic (exact) mass is 360 g/mol. The van der Waals surface area contributed by atoms with Crippen LogP contribution in [0.2, 0.25) is 5.02 Å². The summed E-state index contributed by atoms with van der Waals surface area (Å²) in [7, 11) is 0. The Morgan fingerprint density at radius 3 is 2.40 bits per heavy atom. The molecule has 2 heterocycles. The van der Waals surface area contributed by atoms with E-state index in [2.05, 4.69) is 25.7 Å². The van der Waals surface area contributed by atoms with Gasteiger partial charge in [0.25, 0.3) is 0 Å². The van der Waals surface area contributed by atoms with Crippen molar-refractivity contribution in [3.63, 3.8) is 0 Å². The molecule has 1 aliphatic rings. The maximum Gasteiger partial charge on any atom is 0.321 e. The second kappa shape index (κ2) is 8.02. The number of nitrogens with one attached hydrogen (secondary N) is 2. The van der Waals surface area contributed by atoms with Crippen LogP contribution in [0.5, 0.6) is 0 Å². The number of amides is 2. The summed E-state index contributed by atoms with van der Waals surface area (Å²) in [5.41, 5.74) is 0.738. The fraction of sp³-hybridized carbons (Fsp3) is 0.353. The molecule has 0 unspecified atom stereocenters. The zero-order chi connectivity index (χ0) is 17.6. The van der Waals surface area contributed by atoms with Gasteiger partial charge in [-0.1, -0.05) is 11.6 Å². The largest absolute Gasteiger partial charge is 0.369 e. The summed E-state index contributed by atoms with van der Waals surface area (Å²) in [5, 5.41) is 15.1. The number of aromatic nitrogens is 2. The SMILES string of the molecule is CCNc1ccc(N2CCN(C(=O)Nc3ccc(Cl)cc3)CC2)nn1. The molecule has 8 heteroatoms. The molecule has 1 aliphatic heterocycles. The predicted octanol–water partition coefficient (Wildman–Crippen LogP) is 2.92.